The molecule has 0 bridgehead atoms. The molecule has 140 valence electrons. The molecule has 2 aromatic rings. The highest BCUT2D eigenvalue weighted by molar-refractivity contribution is 14.1. The zero-order chi connectivity index (χ0) is 19.3. The molecule has 1 atom stereocenters. The molecule has 4 N–H and O–H groups in total. The normalized spacial score (nSPS) is 12.0. The molecule has 0 aromatic heterocycles. The summed E-state index contributed by atoms with van der Waals surface area (Å²) in [5.74, 6) is 0.520. The molecule has 0 amide bonds. The second-order valence-electron chi connectivity index (χ2n) is 6.10. The lowest BCUT2D eigenvalue weighted by Gasteiger charge is -2.15. The Morgan fingerprint density at radius 1 is 1.27 bits per heavy atom. The van der Waals surface area contributed by atoms with E-state index < -0.39 is 12.0 Å². The van der Waals surface area contributed by atoms with E-state index in [4.69, 9.17) is 4.74 Å². The molecular formula is C19H21I2NO4. The van der Waals surface area contributed by atoms with E-state index in [0.717, 1.165) is 43.3 Å². The van der Waals surface area contributed by atoms with Crippen LogP contribution in [0.1, 0.15) is 30.9 Å². The standard InChI is InChI=1S/C19H21I2NO4/c1-2-3-4-12-10-13(5-6-17(12)23)26-18-14(20)7-11(8-15(18)21)9-16(22)19(24)25/h5-8,10,16,23H,2-4,9,22H2,1H3,(H,24,25). The van der Waals surface area contributed by atoms with Crippen LogP contribution in [0.5, 0.6) is 17.2 Å². The van der Waals surface area contributed by atoms with Crippen LogP contribution < -0.4 is 15.6 Å². The molecule has 2 rings (SSSR count). The van der Waals surface area contributed by atoms with Crippen LogP contribution >= 0.6 is 45.2 Å². The maximum absolute atomic E-state index is 10.9. The number of carbonyl (C=O) groups is 1. The third-order valence-electron chi connectivity index (χ3n) is 3.94. The highest BCUT2D eigenvalue weighted by Gasteiger charge is 2.15. The largest absolute Gasteiger partial charge is 0.544 e. The molecule has 0 heterocycles. The predicted octanol–water partition coefficient (Wildman–Crippen LogP) is 2.64. The van der Waals surface area contributed by atoms with Crippen LogP contribution in [0.3, 0.4) is 0 Å². The smallest absolute Gasteiger partial charge is 0.154 e. The van der Waals surface area contributed by atoms with E-state index >= 15 is 0 Å². The van der Waals surface area contributed by atoms with Crippen LogP contribution in [0.25, 0.3) is 0 Å². The van der Waals surface area contributed by atoms with Crippen LogP contribution in [0.2, 0.25) is 0 Å². The number of aromatic hydroxyl groups is 1. The van der Waals surface area contributed by atoms with Gasteiger partial charge < -0.3 is 25.5 Å². The summed E-state index contributed by atoms with van der Waals surface area (Å²) in [4.78, 5) is 10.9. The van der Waals surface area contributed by atoms with Gasteiger partial charge in [0.05, 0.1) is 13.1 Å². The number of carboxylic acids is 1. The van der Waals surface area contributed by atoms with Crippen LogP contribution in [-0.2, 0) is 17.6 Å². The lowest BCUT2D eigenvalue weighted by molar-refractivity contribution is -0.437. The summed E-state index contributed by atoms with van der Waals surface area (Å²) >= 11 is 4.36. The summed E-state index contributed by atoms with van der Waals surface area (Å²) < 4.78 is 7.83. The molecule has 7 heteroatoms. The number of rotatable bonds is 8. The molecule has 1 unspecified atom stereocenters. The minimum absolute atomic E-state index is 0.286. The van der Waals surface area contributed by atoms with Crippen LogP contribution in [0.4, 0.5) is 0 Å². The first-order valence-electron chi connectivity index (χ1n) is 8.33. The van der Waals surface area contributed by atoms with Crippen molar-refractivity contribution >= 4 is 51.2 Å². The Morgan fingerprint density at radius 2 is 1.92 bits per heavy atom. The van der Waals surface area contributed by atoms with Crippen molar-refractivity contribution in [1.29, 1.82) is 0 Å². The fraction of sp³-hybridized carbons (Fsp3) is 0.316. The first-order chi connectivity index (χ1) is 12.3. The van der Waals surface area contributed by atoms with Gasteiger partial charge in [-0.25, -0.2) is 0 Å². The SMILES string of the molecule is CCCCc1cc(Oc2c(I)cc(CC([NH3+])C(=O)[O-])cc2I)ccc1O. The van der Waals surface area contributed by atoms with Gasteiger partial charge >= 0.3 is 0 Å². The van der Waals surface area contributed by atoms with Crippen molar-refractivity contribution in [2.24, 2.45) is 0 Å². The van der Waals surface area contributed by atoms with Crippen molar-refractivity contribution in [3.8, 4) is 17.2 Å². The highest BCUT2D eigenvalue weighted by Crippen LogP contribution is 2.35. The first-order valence-corrected chi connectivity index (χ1v) is 10.5. The molecule has 0 spiro atoms. The molecule has 0 aliphatic rings. The maximum atomic E-state index is 10.9. The second-order valence-corrected chi connectivity index (χ2v) is 8.43. The number of aliphatic carboxylic acids is 1. The van der Waals surface area contributed by atoms with Gasteiger partial charge in [-0.1, -0.05) is 13.3 Å². The zero-order valence-corrected chi connectivity index (χ0v) is 18.7. The fourth-order valence-electron chi connectivity index (χ4n) is 2.51. The van der Waals surface area contributed by atoms with Crippen molar-refractivity contribution in [3.63, 3.8) is 0 Å². The van der Waals surface area contributed by atoms with Gasteiger partial charge in [0.2, 0.25) is 0 Å². The van der Waals surface area contributed by atoms with Crippen LogP contribution in [-0.4, -0.2) is 17.1 Å². The number of quaternary nitrogens is 1. The van der Waals surface area contributed by atoms with E-state index in [1.54, 1.807) is 12.1 Å². The summed E-state index contributed by atoms with van der Waals surface area (Å²) in [5.41, 5.74) is 5.36. The van der Waals surface area contributed by atoms with Gasteiger partial charge in [-0.2, -0.15) is 0 Å². The Kier molecular flexibility index (Phi) is 7.96. The van der Waals surface area contributed by atoms with Crippen molar-refractivity contribution in [1.82, 2.24) is 0 Å². The number of ether oxygens (including phenoxy) is 1. The lowest BCUT2D eigenvalue weighted by Crippen LogP contribution is -2.69. The second kappa shape index (κ2) is 9.75. The Bertz CT molecular complexity index is 772. The number of halogens is 2. The van der Waals surface area contributed by atoms with Crippen molar-refractivity contribution in [3.05, 3.63) is 48.6 Å². The quantitative estimate of drug-likeness (QED) is 0.469. The molecule has 0 aliphatic heterocycles. The van der Waals surface area contributed by atoms with E-state index in [0.29, 0.717) is 12.2 Å². The van der Waals surface area contributed by atoms with E-state index in [9.17, 15) is 15.0 Å². The van der Waals surface area contributed by atoms with Gasteiger partial charge in [-0.3, -0.25) is 0 Å². The van der Waals surface area contributed by atoms with E-state index in [2.05, 4.69) is 57.8 Å². The number of aryl methyl sites for hydroxylation is 1. The third kappa shape index (κ3) is 5.71. The minimum atomic E-state index is -1.15. The monoisotopic (exact) mass is 581 g/mol. The number of unbranched alkanes of at least 4 members (excludes halogenated alkanes) is 1. The fourth-order valence-corrected chi connectivity index (χ4v) is 4.62. The van der Waals surface area contributed by atoms with Gasteiger partial charge in [0.25, 0.3) is 0 Å². The molecule has 0 radical (unpaired) electrons. The molecule has 0 aliphatic carbocycles. The Labute approximate surface area is 180 Å². The molecular weight excluding hydrogens is 560 g/mol. The van der Waals surface area contributed by atoms with E-state index in [-0.39, 0.29) is 5.75 Å². The number of phenolic OH excluding ortho intramolecular Hbond substituents is 1. The zero-order valence-electron chi connectivity index (χ0n) is 14.4. The van der Waals surface area contributed by atoms with E-state index in [1.807, 2.05) is 18.2 Å². The number of benzene rings is 2. The van der Waals surface area contributed by atoms with Crippen molar-refractivity contribution in [2.75, 3.05) is 0 Å². The Hall–Kier alpha value is -1.07. The van der Waals surface area contributed by atoms with Crippen molar-refractivity contribution in [2.45, 2.75) is 38.6 Å². The van der Waals surface area contributed by atoms with Gasteiger partial charge in [-0.15, -0.1) is 0 Å². The highest BCUT2D eigenvalue weighted by atomic mass is 127. The summed E-state index contributed by atoms with van der Waals surface area (Å²) in [6, 6.07) is 8.28. The topological polar surface area (TPSA) is 97.2 Å². The minimum Gasteiger partial charge on any atom is -0.544 e. The molecule has 2 aromatic carbocycles. The maximum Gasteiger partial charge on any atom is 0.154 e. The summed E-state index contributed by atoms with van der Waals surface area (Å²) in [7, 11) is 0. The lowest BCUT2D eigenvalue weighted by atomic mass is 10.1. The van der Waals surface area contributed by atoms with Gasteiger partial charge in [-0.05, 0) is 99.5 Å². The summed E-state index contributed by atoms with van der Waals surface area (Å²) in [6.45, 7) is 2.11. The molecule has 26 heavy (non-hydrogen) atoms. The number of phenols is 1. The Balaban J connectivity index is 2.23. The van der Waals surface area contributed by atoms with Crippen molar-refractivity contribution < 1.29 is 25.5 Å². The number of hydrogen-bond acceptors (Lipinski definition) is 4. The van der Waals surface area contributed by atoms with Gasteiger partial charge in [0.1, 0.15) is 17.5 Å². The van der Waals surface area contributed by atoms with Gasteiger partial charge in [0, 0.05) is 6.42 Å². The van der Waals surface area contributed by atoms with E-state index in [1.165, 1.54) is 0 Å². The average Bonchev–Trinajstić information content (AvgIpc) is 2.58. The Morgan fingerprint density at radius 3 is 2.50 bits per heavy atom. The van der Waals surface area contributed by atoms with Crippen LogP contribution in [0, 0.1) is 7.14 Å². The van der Waals surface area contributed by atoms with Gasteiger partial charge in [0.15, 0.2) is 5.75 Å². The molecule has 0 saturated carbocycles. The average molecular weight is 581 g/mol. The van der Waals surface area contributed by atoms with Crippen LogP contribution in [0.15, 0.2) is 30.3 Å². The summed E-state index contributed by atoms with van der Waals surface area (Å²) in [5, 5.41) is 20.9. The number of hydrogen-bond donors (Lipinski definition) is 2. The summed E-state index contributed by atoms with van der Waals surface area (Å²) in [6.07, 6.45) is 3.18. The third-order valence-corrected chi connectivity index (χ3v) is 5.55. The number of carboxylic acid groups (broad SMARTS) is 1. The predicted molar refractivity (Wildman–Crippen MR) is 114 cm³/mol. The first kappa shape index (κ1) is 21.2. The molecule has 0 saturated heterocycles. The number of carbonyl (C=O) groups excluding carboxylic acids is 1. The molecule has 0 fully saturated rings. The molecule has 5 nitrogen and oxygen atoms in total.